The summed E-state index contributed by atoms with van der Waals surface area (Å²) >= 11 is 0. The summed E-state index contributed by atoms with van der Waals surface area (Å²) in [4.78, 5) is 0. The number of nitrogens with two attached hydrogens (primary N) is 1. The highest BCUT2D eigenvalue weighted by atomic mass is 16.7. The number of nitrogens with zero attached hydrogens (tertiary/aromatic N) is 2. The lowest BCUT2D eigenvalue weighted by molar-refractivity contribution is -0.213. The highest BCUT2D eigenvalue weighted by molar-refractivity contribution is 4.64. The van der Waals surface area contributed by atoms with Gasteiger partial charge in [-0.1, -0.05) is 5.22 Å². The summed E-state index contributed by atoms with van der Waals surface area (Å²) in [5.41, 5.74) is 0. The normalized spacial score (nSPS) is 12.6. The second-order valence-corrected chi connectivity index (χ2v) is 2.41. The van der Waals surface area contributed by atoms with Gasteiger partial charge in [-0.2, -0.15) is 5.11 Å². The Hall–Kier alpha value is -0.680. The Balaban J connectivity index is 3.97. The van der Waals surface area contributed by atoms with Gasteiger partial charge in [0.05, 0.1) is 0 Å². The van der Waals surface area contributed by atoms with Gasteiger partial charge < -0.3 is 15.3 Å². The lowest BCUT2D eigenvalue weighted by Crippen LogP contribution is -2.35. The van der Waals surface area contributed by atoms with Crippen molar-refractivity contribution in [2.24, 2.45) is 16.2 Å². The third-order valence-electron chi connectivity index (χ3n) is 1.34. The van der Waals surface area contributed by atoms with Crippen LogP contribution in [0, 0.1) is 0 Å². The van der Waals surface area contributed by atoms with Gasteiger partial charge in [0.15, 0.2) is 5.79 Å². The van der Waals surface area contributed by atoms with E-state index in [2.05, 4.69) is 10.3 Å². The first-order valence-corrected chi connectivity index (χ1v) is 4.03. The maximum absolute atomic E-state index is 5.34. The van der Waals surface area contributed by atoms with Crippen LogP contribution in [0.4, 0.5) is 0 Å². The molecule has 0 aromatic rings. The molecule has 2 N–H and O–H groups in total. The van der Waals surface area contributed by atoms with Gasteiger partial charge in [0.2, 0.25) is 0 Å². The lowest BCUT2D eigenvalue weighted by Gasteiger charge is -2.26. The van der Waals surface area contributed by atoms with Gasteiger partial charge in [0, 0.05) is 13.2 Å². The Morgan fingerprint density at radius 2 is 1.75 bits per heavy atom. The van der Waals surface area contributed by atoms with E-state index >= 15 is 0 Å². The minimum Gasteiger partial charge on any atom is -0.349 e. The molecule has 0 saturated carbocycles. The number of ether oxygens (including phenoxy) is 2. The SMILES string of the molecule is CCOC(C)(CN=NN)OCC. The van der Waals surface area contributed by atoms with Crippen LogP contribution in [0.1, 0.15) is 20.8 Å². The van der Waals surface area contributed by atoms with E-state index in [1.54, 1.807) is 0 Å². The minimum atomic E-state index is -0.688. The van der Waals surface area contributed by atoms with Crippen LogP contribution < -0.4 is 5.84 Å². The summed E-state index contributed by atoms with van der Waals surface area (Å²) in [6.07, 6.45) is 0. The molecule has 0 radical (unpaired) electrons. The summed E-state index contributed by atoms with van der Waals surface area (Å²) < 4.78 is 10.7. The van der Waals surface area contributed by atoms with Crippen molar-refractivity contribution in [3.8, 4) is 0 Å². The van der Waals surface area contributed by atoms with E-state index in [0.717, 1.165) is 0 Å². The zero-order valence-electron chi connectivity index (χ0n) is 7.91. The zero-order valence-corrected chi connectivity index (χ0v) is 7.91. The molecule has 0 aromatic carbocycles. The van der Waals surface area contributed by atoms with Crippen molar-refractivity contribution < 1.29 is 9.47 Å². The third-order valence-corrected chi connectivity index (χ3v) is 1.34. The first kappa shape index (κ1) is 11.3. The van der Waals surface area contributed by atoms with Gasteiger partial charge in [-0.3, -0.25) is 0 Å². The monoisotopic (exact) mass is 175 g/mol. The fraction of sp³-hybridized carbons (Fsp3) is 1.00. The molecule has 0 amide bonds. The smallest absolute Gasteiger partial charge is 0.186 e. The Morgan fingerprint density at radius 3 is 2.08 bits per heavy atom. The van der Waals surface area contributed by atoms with E-state index in [0.29, 0.717) is 19.8 Å². The van der Waals surface area contributed by atoms with Crippen LogP contribution in [0.15, 0.2) is 10.3 Å². The van der Waals surface area contributed by atoms with E-state index in [1.807, 2.05) is 20.8 Å². The standard InChI is InChI=1S/C7H17N3O2/c1-4-11-7(3,12-5-2)6-9-10-8/h4-6H2,1-3H3,(H2,8,9). The van der Waals surface area contributed by atoms with Crippen LogP contribution in [-0.2, 0) is 9.47 Å². The van der Waals surface area contributed by atoms with Gasteiger partial charge in [0.25, 0.3) is 0 Å². The van der Waals surface area contributed by atoms with Crippen LogP contribution in [0.2, 0.25) is 0 Å². The van der Waals surface area contributed by atoms with Gasteiger partial charge in [-0.05, 0) is 20.8 Å². The van der Waals surface area contributed by atoms with Crippen LogP contribution in [0.3, 0.4) is 0 Å². The molecule has 0 aromatic heterocycles. The quantitative estimate of drug-likeness (QED) is 0.284. The van der Waals surface area contributed by atoms with Crippen LogP contribution in [0.25, 0.3) is 0 Å². The fourth-order valence-corrected chi connectivity index (χ4v) is 0.913. The maximum Gasteiger partial charge on any atom is 0.186 e. The van der Waals surface area contributed by atoms with Crippen LogP contribution in [-0.4, -0.2) is 25.5 Å². The van der Waals surface area contributed by atoms with E-state index in [4.69, 9.17) is 15.3 Å². The highest BCUT2D eigenvalue weighted by Gasteiger charge is 2.24. The second-order valence-electron chi connectivity index (χ2n) is 2.41. The summed E-state index contributed by atoms with van der Waals surface area (Å²) in [5.74, 6) is 4.19. The second kappa shape index (κ2) is 5.91. The molecule has 0 fully saturated rings. The Kier molecular flexibility index (Phi) is 5.57. The predicted octanol–water partition coefficient (Wildman–Crippen LogP) is 1.10. The van der Waals surface area contributed by atoms with Crippen molar-refractivity contribution in [1.82, 2.24) is 0 Å². The van der Waals surface area contributed by atoms with Gasteiger partial charge in [-0.15, -0.1) is 0 Å². The summed E-state index contributed by atoms with van der Waals surface area (Å²) in [6, 6.07) is 0. The average Bonchev–Trinajstić information content (AvgIpc) is 2.02. The van der Waals surface area contributed by atoms with Crippen molar-refractivity contribution in [1.29, 1.82) is 0 Å². The largest absolute Gasteiger partial charge is 0.349 e. The molecule has 0 rings (SSSR count). The molecule has 72 valence electrons. The van der Waals surface area contributed by atoms with E-state index in [-0.39, 0.29) is 0 Å². The summed E-state index contributed by atoms with van der Waals surface area (Å²) in [5, 5.41) is 6.78. The molecule has 0 atom stereocenters. The first-order chi connectivity index (χ1) is 5.68. The third kappa shape index (κ3) is 4.25. The number of hydrogen-bond donors (Lipinski definition) is 1. The average molecular weight is 175 g/mol. The first-order valence-electron chi connectivity index (χ1n) is 4.03. The lowest BCUT2D eigenvalue weighted by atomic mass is 10.3. The molecule has 5 heteroatoms. The molecule has 0 aliphatic rings. The molecule has 0 spiro atoms. The van der Waals surface area contributed by atoms with Crippen LogP contribution >= 0.6 is 0 Å². The molecule has 12 heavy (non-hydrogen) atoms. The number of hydrogen-bond acceptors (Lipinski definition) is 4. The highest BCUT2D eigenvalue weighted by Crippen LogP contribution is 2.12. The van der Waals surface area contributed by atoms with Gasteiger partial charge in [0.1, 0.15) is 6.54 Å². The molecular weight excluding hydrogens is 158 g/mol. The van der Waals surface area contributed by atoms with E-state index in [9.17, 15) is 0 Å². The minimum absolute atomic E-state index is 0.325. The summed E-state index contributed by atoms with van der Waals surface area (Å²) in [6.45, 7) is 7.10. The van der Waals surface area contributed by atoms with E-state index < -0.39 is 5.79 Å². The topological polar surface area (TPSA) is 69.2 Å². The molecule has 0 aliphatic carbocycles. The summed E-state index contributed by atoms with van der Waals surface area (Å²) in [7, 11) is 0. The van der Waals surface area contributed by atoms with Crippen molar-refractivity contribution in [2.75, 3.05) is 19.8 Å². The molecule has 0 aliphatic heterocycles. The Labute approximate surface area is 72.9 Å². The van der Waals surface area contributed by atoms with E-state index in [1.165, 1.54) is 0 Å². The predicted molar refractivity (Wildman–Crippen MR) is 45.6 cm³/mol. The Bertz CT molecular complexity index is 133. The zero-order chi connectivity index (χ0) is 9.45. The molecule has 5 nitrogen and oxygen atoms in total. The van der Waals surface area contributed by atoms with Crippen molar-refractivity contribution >= 4 is 0 Å². The maximum atomic E-state index is 5.34. The number of rotatable bonds is 6. The molecule has 0 bridgehead atoms. The molecule has 0 saturated heterocycles. The van der Waals surface area contributed by atoms with Crippen molar-refractivity contribution in [2.45, 2.75) is 26.6 Å². The van der Waals surface area contributed by atoms with Crippen molar-refractivity contribution in [3.05, 3.63) is 0 Å². The fourth-order valence-electron chi connectivity index (χ4n) is 0.913. The molecule has 0 heterocycles. The molecular formula is C7H17N3O2. The van der Waals surface area contributed by atoms with Crippen molar-refractivity contribution in [3.63, 3.8) is 0 Å². The van der Waals surface area contributed by atoms with Crippen LogP contribution in [0.5, 0.6) is 0 Å². The Morgan fingerprint density at radius 1 is 1.25 bits per heavy atom. The molecule has 0 unspecified atom stereocenters. The van der Waals surface area contributed by atoms with Gasteiger partial charge in [-0.25, -0.2) is 0 Å². The van der Waals surface area contributed by atoms with Gasteiger partial charge >= 0.3 is 0 Å².